The van der Waals surface area contributed by atoms with Crippen LogP contribution in [-0.2, 0) is 6.42 Å². The fourth-order valence-electron chi connectivity index (χ4n) is 3.40. The van der Waals surface area contributed by atoms with Gasteiger partial charge in [-0.15, -0.1) is 0 Å². The Morgan fingerprint density at radius 3 is 3.04 bits per heavy atom. The molecule has 1 atom stereocenters. The monoisotopic (exact) mass is 412 g/mol. The number of pyridine rings is 2. The van der Waals surface area contributed by atoms with Gasteiger partial charge in [0.2, 0.25) is 0 Å². The summed E-state index contributed by atoms with van der Waals surface area (Å²) in [5.41, 5.74) is 3.91. The fraction of sp³-hybridized carbons (Fsp3) is 0.368. The second-order valence-corrected chi connectivity index (χ2v) is 7.45. The van der Waals surface area contributed by atoms with Crippen molar-refractivity contribution in [3.05, 3.63) is 47.1 Å². The predicted octanol–water partition coefficient (Wildman–Crippen LogP) is 3.83. The summed E-state index contributed by atoms with van der Waals surface area (Å²) >= 11 is 3.46. The molecule has 1 fully saturated rings. The molecule has 1 unspecified atom stereocenters. The number of aryl methyl sites for hydroxylation is 1. The zero-order valence-corrected chi connectivity index (χ0v) is 16.3. The van der Waals surface area contributed by atoms with Crippen molar-refractivity contribution in [2.45, 2.75) is 32.2 Å². The van der Waals surface area contributed by atoms with E-state index in [4.69, 9.17) is 0 Å². The SMILES string of the molecule is CCc1cc(N2CCCC(Nc3ccnc4cc(Br)cnc34)C2)ncn1. The number of piperidine rings is 1. The molecular weight excluding hydrogens is 392 g/mol. The Bertz CT molecular complexity index is 915. The molecule has 26 heavy (non-hydrogen) atoms. The van der Waals surface area contributed by atoms with Gasteiger partial charge in [-0.1, -0.05) is 6.92 Å². The van der Waals surface area contributed by atoms with Crippen LogP contribution in [0.3, 0.4) is 0 Å². The predicted molar refractivity (Wildman–Crippen MR) is 108 cm³/mol. The van der Waals surface area contributed by atoms with E-state index in [1.165, 1.54) is 0 Å². The van der Waals surface area contributed by atoms with Crippen LogP contribution in [0.15, 0.2) is 41.4 Å². The topological polar surface area (TPSA) is 66.8 Å². The lowest BCUT2D eigenvalue weighted by molar-refractivity contribution is 0.526. The Morgan fingerprint density at radius 2 is 2.15 bits per heavy atom. The number of rotatable bonds is 4. The molecule has 1 aliphatic rings. The highest BCUT2D eigenvalue weighted by atomic mass is 79.9. The number of hydrogen-bond donors (Lipinski definition) is 1. The standard InChI is InChI=1S/C19H21BrN6/c1-2-14-9-18(24-12-23-14)26-7-3-4-15(11-26)25-16-5-6-21-17-8-13(20)10-22-19(16)17/h5-6,8-10,12,15H,2-4,7,11H2,1H3,(H,21,25). The van der Waals surface area contributed by atoms with Crippen LogP contribution in [0.5, 0.6) is 0 Å². The van der Waals surface area contributed by atoms with Crippen molar-refractivity contribution < 1.29 is 0 Å². The molecule has 0 spiro atoms. The third-order valence-corrected chi connectivity index (χ3v) is 5.15. The van der Waals surface area contributed by atoms with Gasteiger partial charge in [0.25, 0.3) is 0 Å². The number of aromatic nitrogens is 4. The molecule has 1 saturated heterocycles. The van der Waals surface area contributed by atoms with Gasteiger partial charge in [0, 0.05) is 47.8 Å². The van der Waals surface area contributed by atoms with E-state index in [1.807, 2.05) is 24.5 Å². The fourth-order valence-corrected chi connectivity index (χ4v) is 3.72. The lowest BCUT2D eigenvalue weighted by atomic mass is 10.0. The van der Waals surface area contributed by atoms with Gasteiger partial charge in [0.15, 0.2) is 0 Å². The van der Waals surface area contributed by atoms with Crippen molar-refractivity contribution in [1.29, 1.82) is 0 Å². The molecule has 3 aromatic rings. The molecule has 0 bridgehead atoms. The van der Waals surface area contributed by atoms with E-state index in [0.29, 0.717) is 6.04 Å². The van der Waals surface area contributed by atoms with Crippen LogP contribution in [0.1, 0.15) is 25.5 Å². The van der Waals surface area contributed by atoms with E-state index in [9.17, 15) is 0 Å². The molecule has 4 heterocycles. The van der Waals surface area contributed by atoms with E-state index >= 15 is 0 Å². The number of halogens is 1. The summed E-state index contributed by atoms with van der Waals surface area (Å²) in [5.74, 6) is 1.02. The van der Waals surface area contributed by atoms with E-state index < -0.39 is 0 Å². The molecule has 3 aromatic heterocycles. The quantitative estimate of drug-likeness (QED) is 0.702. The van der Waals surface area contributed by atoms with Crippen molar-refractivity contribution >= 4 is 38.5 Å². The minimum Gasteiger partial charge on any atom is -0.379 e. The van der Waals surface area contributed by atoms with E-state index in [1.54, 1.807) is 6.33 Å². The van der Waals surface area contributed by atoms with Crippen molar-refractivity contribution in [1.82, 2.24) is 19.9 Å². The summed E-state index contributed by atoms with van der Waals surface area (Å²) < 4.78 is 0.939. The Hall–Kier alpha value is -2.28. The van der Waals surface area contributed by atoms with Crippen molar-refractivity contribution in [2.24, 2.45) is 0 Å². The maximum absolute atomic E-state index is 4.54. The van der Waals surface area contributed by atoms with Crippen LogP contribution in [-0.4, -0.2) is 39.1 Å². The normalized spacial score (nSPS) is 17.5. The van der Waals surface area contributed by atoms with Crippen LogP contribution in [0, 0.1) is 0 Å². The number of hydrogen-bond acceptors (Lipinski definition) is 6. The molecule has 7 heteroatoms. The van der Waals surface area contributed by atoms with Gasteiger partial charge in [-0.3, -0.25) is 9.97 Å². The Kier molecular flexibility index (Phi) is 4.97. The van der Waals surface area contributed by atoms with Crippen molar-refractivity contribution in [3.63, 3.8) is 0 Å². The minimum absolute atomic E-state index is 0.347. The van der Waals surface area contributed by atoms with Crippen LogP contribution in [0.25, 0.3) is 11.0 Å². The molecular formula is C19H21BrN6. The first-order valence-corrected chi connectivity index (χ1v) is 9.75. The lowest BCUT2D eigenvalue weighted by Gasteiger charge is -2.34. The molecule has 0 aromatic carbocycles. The van der Waals surface area contributed by atoms with E-state index in [2.05, 4.69) is 59.1 Å². The molecule has 1 aliphatic heterocycles. The number of fused-ring (bicyclic) bond motifs is 1. The van der Waals surface area contributed by atoms with Gasteiger partial charge in [0.05, 0.1) is 11.2 Å². The third-order valence-electron chi connectivity index (χ3n) is 4.72. The highest BCUT2D eigenvalue weighted by Gasteiger charge is 2.22. The summed E-state index contributed by atoms with van der Waals surface area (Å²) in [5, 5.41) is 3.67. The third kappa shape index (κ3) is 3.62. The molecule has 0 aliphatic carbocycles. The highest BCUT2D eigenvalue weighted by Crippen LogP contribution is 2.25. The Morgan fingerprint density at radius 1 is 1.23 bits per heavy atom. The van der Waals surface area contributed by atoms with Gasteiger partial charge < -0.3 is 10.2 Å². The van der Waals surface area contributed by atoms with Crippen LogP contribution >= 0.6 is 15.9 Å². The molecule has 0 radical (unpaired) electrons. The van der Waals surface area contributed by atoms with Gasteiger partial charge in [0.1, 0.15) is 17.7 Å². The lowest BCUT2D eigenvalue weighted by Crippen LogP contribution is -2.42. The summed E-state index contributed by atoms with van der Waals surface area (Å²) in [6.45, 7) is 4.06. The first-order chi connectivity index (χ1) is 12.7. The maximum Gasteiger partial charge on any atom is 0.132 e. The molecule has 0 saturated carbocycles. The minimum atomic E-state index is 0.347. The van der Waals surface area contributed by atoms with Crippen molar-refractivity contribution in [2.75, 3.05) is 23.3 Å². The van der Waals surface area contributed by atoms with Gasteiger partial charge in [-0.05, 0) is 47.3 Å². The Labute approximate surface area is 161 Å². The summed E-state index contributed by atoms with van der Waals surface area (Å²) in [7, 11) is 0. The molecule has 0 amide bonds. The Balaban J connectivity index is 1.54. The summed E-state index contributed by atoms with van der Waals surface area (Å²) in [4.78, 5) is 20.1. The summed E-state index contributed by atoms with van der Waals surface area (Å²) in [6.07, 6.45) is 8.50. The van der Waals surface area contributed by atoms with Crippen LogP contribution < -0.4 is 10.2 Å². The first kappa shape index (κ1) is 17.1. The van der Waals surface area contributed by atoms with Gasteiger partial charge >= 0.3 is 0 Å². The smallest absolute Gasteiger partial charge is 0.132 e. The second kappa shape index (κ2) is 7.53. The summed E-state index contributed by atoms with van der Waals surface area (Å²) in [6, 6.07) is 6.44. The molecule has 6 nitrogen and oxygen atoms in total. The molecule has 134 valence electrons. The maximum atomic E-state index is 4.54. The first-order valence-electron chi connectivity index (χ1n) is 8.95. The highest BCUT2D eigenvalue weighted by molar-refractivity contribution is 9.10. The van der Waals surface area contributed by atoms with E-state index in [-0.39, 0.29) is 0 Å². The molecule has 1 N–H and O–H groups in total. The van der Waals surface area contributed by atoms with Crippen molar-refractivity contribution in [3.8, 4) is 0 Å². The van der Waals surface area contributed by atoms with Crippen LogP contribution in [0.4, 0.5) is 11.5 Å². The number of nitrogens with one attached hydrogen (secondary N) is 1. The zero-order valence-electron chi connectivity index (χ0n) is 14.7. The number of nitrogens with zero attached hydrogens (tertiary/aromatic N) is 5. The van der Waals surface area contributed by atoms with E-state index in [0.717, 1.165) is 65.1 Å². The largest absolute Gasteiger partial charge is 0.379 e. The average Bonchev–Trinajstić information content (AvgIpc) is 2.68. The molecule has 4 rings (SSSR count). The number of anilines is 2. The van der Waals surface area contributed by atoms with Gasteiger partial charge in [-0.2, -0.15) is 0 Å². The zero-order chi connectivity index (χ0) is 17.9. The van der Waals surface area contributed by atoms with Crippen LogP contribution in [0.2, 0.25) is 0 Å². The second-order valence-electron chi connectivity index (χ2n) is 6.53. The average molecular weight is 413 g/mol. The van der Waals surface area contributed by atoms with Gasteiger partial charge in [-0.25, -0.2) is 9.97 Å².